The molecular weight excluding hydrogens is 250 g/mol. The lowest BCUT2D eigenvalue weighted by Gasteiger charge is -2.30. The van der Waals surface area contributed by atoms with E-state index >= 15 is 0 Å². The van der Waals surface area contributed by atoms with Gasteiger partial charge in [-0.25, -0.2) is 0 Å². The van der Waals surface area contributed by atoms with Crippen molar-refractivity contribution < 1.29 is 14.4 Å². The highest BCUT2D eigenvalue weighted by molar-refractivity contribution is 5.77. The molecule has 1 heterocycles. The number of hydrogen-bond acceptors (Lipinski definition) is 6. The van der Waals surface area contributed by atoms with E-state index in [1.807, 2.05) is 0 Å². The number of anilines is 1. The number of nitro groups is 1. The highest BCUT2D eigenvalue weighted by Gasteiger charge is 2.27. The Morgan fingerprint density at radius 3 is 3.00 bits per heavy atom. The van der Waals surface area contributed by atoms with Crippen molar-refractivity contribution in [2.75, 3.05) is 11.9 Å². The highest BCUT2D eigenvalue weighted by Crippen LogP contribution is 2.28. The second-order valence-electron chi connectivity index (χ2n) is 4.80. The van der Waals surface area contributed by atoms with E-state index in [0.29, 0.717) is 29.6 Å². The summed E-state index contributed by atoms with van der Waals surface area (Å²) < 4.78 is 5.44. The van der Waals surface area contributed by atoms with Crippen molar-refractivity contribution in [3.63, 3.8) is 0 Å². The minimum absolute atomic E-state index is 0.00512. The molecule has 1 aromatic carbocycles. The lowest BCUT2D eigenvalue weighted by molar-refractivity contribution is -0.384. The first-order valence-electron chi connectivity index (χ1n) is 6.09. The van der Waals surface area contributed by atoms with E-state index in [4.69, 9.17) is 4.42 Å². The Balaban J connectivity index is 1.72. The smallest absolute Gasteiger partial charge is 0.295 e. The molecule has 0 radical (unpaired) electrons. The van der Waals surface area contributed by atoms with Gasteiger partial charge in [-0.2, -0.15) is 4.98 Å². The molecule has 0 atom stereocenters. The standard InChI is InChI=1S/C12H13N3O4/c16-9-3-7(4-9)6-13-12-14-10-5-8(15(17)18)1-2-11(10)19-12/h1-2,5,7,9,16H,3-4,6H2,(H,13,14). The Hall–Kier alpha value is -2.15. The van der Waals surface area contributed by atoms with E-state index in [1.165, 1.54) is 12.1 Å². The zero-order valence-corrected chi connectivity index (χ0v) is 10.1. The summed E-state index contributed by atoms with van der Waals surface area (Å²) in [5.74, 6) is 0.430. The Morgan fingerprint density at radius 2 is 2.32 bits per heavy atom. The lowest BCUT2D eigenvalue weighted by atomic mass is 9.82. The summed E-state index contributed by atoms with van der Waals surface area (Å²) in [6, 6.07) is 4.67. The molecule has 0 aliphatic heterocycles. The van der Waals surface area contributed by atoms with Crippen LogP contribution >= 0.6 is 0 Å². The molecule has 1 aliphatic rings. The van der Waals surface area contributed by atoms with Crippen LogP contribution in [0.4, 0.5) is 11.7 Å². The molecule has 19 heavy (non-hydrogen) atoms. The van der Waals surface area contributed by atoms with Crippen LogP contribution in [0.5, 0.6) is 0 Å². The van der Waals surface area contributed by atoms with Crippen molar-refractivity contribution in [2.24, 2.45) is 5.92 Å². The van der Waals surface area contributed by atoms with Crippen LogP contribution in [0.1, 0.15) is 12.8 Å². The molecule has 2 aromatic rings. The van der Waals surface area contributed by atoms with Crippen molar-refractivity contribution in [3.05, 3.63) is 28.3 Å². The van der Waals surface area contributed by atoms with Gasteiger partial charge in [0, 0.05) is 18.7 Å². The van der Waals surface area contributed by atoms with Crippen LogP contribution in [0.25, 0.3) is 11.1 Å². The van der Waals surface area contributed by atoms with Gasteiger partial charge in [0.2, 0.25) is 0 Å². The summed E-state index contributed by atoms with van der Waals surface area (Å²) in [4.78, 5) is 14.4. The largest absolute Gasteiger partial charge is 0.424 e. The van der Waals surface area contributed by atoms with E-state index in [0.717, 1.165) is 12.8 Å². The van der Waals surface area contributed by atoms with E-state index in [-0.39, 0.29) is 11.8 Å². The number of aliphatic hydroxyl groups is 1. The van der Waals surface area contributed by atoms with Gasteiger partial charge in [0.1, 0.15) is 5.52 Å². The number of nitrogens with zero attached hydrogens (tertiary/aromatic N) is 2. The fourth-order valence-electron chi connectivity index (χ4n) is 2.20. The van der Waals surface area contributed by atoms with Crippen molar-refractivity contribution in [2.45, 2.75) is 18.9 Å². The van der Waals surface area contributed by atoms with Gasteiger partial charge in [0.15, 0.2) is 5.58 Å². The minimum Gasteiger partial charge on any atom is -0.424 e. The number of rotatable bonds is 4. The summed E-state index contributed by atoms with van der Waals surface area (Å²) >= 11 is 0. The van der Waals surface area contributed by atoms with Gasteiger partial charge in [-0.05, 0) is 24.8 Å². The number of non-ortho nitro benzene ring substituents is 1. The highest BCUT2D eigenvalue weighted by atomic mass is 16.6. The molecule has 0 amide bonds. The molecule has 1 fully saturated rings. The maximum absolute atomic E-state index is 10.7. The third kappa shape index (κ3) is 2.37. The van der Waals surface area contributed by atoms with Crippen molar-refractivity contribution in [1.82, 2.24) is 4.98 Å². The molecule has 1 aromatic heterocycles. The van der Waals surface area contributed by atoms with Crippen LogP contribution in [0.2, 0.25) is 0 Å². The lowest BCUT2D eigenvalue weighted by Crippen LogP contribution is -2.33. The number of nitrogens with one attached hydrogen (secondary N) is 1. The number of aliphatic hydroxyl groups excluding tert-OH is 1. The molecule has 1 saturated carbocycles. The molecule has 0 bridgehead atoms. The SMILES string of the molecule is O=[N+]([O-])c1ccc2oc(NCC3CC(O)C3)nc2c1. The van der Waals surface area contributed by atoms with Gasteiger partial charge in [0.25, 0.3) is 11.7 Å². The average Bonchev–Trinajstić information content (AvgIpc) is 2.74. The van der Waals surface area contributed by atoms with Gasteiger partial charge in [-0.15, -0.1) is 0 Å². The summed E-state index contributed by atoms with van der Waals surface area (Å²) in [7, 11) is 0. The molecule has 3 rings (SSSR count). The molecule has 100 valence electrons. The van der Waals surface area contributed by atoms with E-state index < -0.39 is 4.92 Å². The van der Waals surface area contributed by atoms with Gasteiger partial charge in [0.05, 0.1) is 11.0 Å². The molecular formula is C12H13N3O4. The molecule has 0 unspecified atom stereocenters. The fraction of sp³-hybridized carbons (Fsp3) is 0.417. The first-order valence-corrected chi connectivity index (χ1v) is 6.09. The fourth-order valence-corrected chi connectivity index (χ4v) is 2.20. The van der Waals surface area contributed by atoms with Gasteiger partial charge >= 0.3 is 0 Å². The zero-order valence-electron chi connectivity index (χ0n) is 10.1. The summed E-state index contributed by atoms with van der Waals surface area (Å²) in [6.07, 6.45) is 1.40. The van der Waals surface area contributed by atoms with Gasteiger partial charge in [-0.3, -0.25) is 10.1 Å². The van der Waals surface area contributed by atoms with Crippen LogP contribution in [0, 0.1) is 16.0 Å². The van der Waals surface area contributed by atoms with E-state index in [1.54, 1.807) is 6.07 Å². The molecule has 0 saturated heterocycles. The second kappa shape index (κ2) is 4.51. The van der Waals surface area contributed by atoms with Crippen molar-refractivity contribution in [3.8, 4) is 0 Å². The Labute approximate surface area is 108 Å². The normalized spacial score (nSPS) is 22.2. The number of nitro benzene ring substituents is 1. The van der Waals surface area contributed by atoms with Crippen molar-refractivity contribution >= 4 is 22.8 Å². The van der Waals surface area contributed by atoms with Gasteiger partial charge in [-0.1, -0.05) is 0 Å². The Kier molecular flexibility index (Phi) is 2.83. The maximum Gasteiger partial charge on any atom is 0.295 e. The maximum atomic E-state index is 10.7. The summed E-state index contributed by atoms with van der Waals surface area (Å²) in [6.45, 7) is 0.686. The van der Waals surface area contributed by atoms with Crippen LogP contribution < -0.4 is 5.32 Å². The monoisotopic (exact) mass is 263 g/mol. The van der Waals surface area contributed by atoms with Crippen molar-refractivity contribution in [1.29, 1.82) is 0 Å². The zero-order chi connectivity index (χ0) is 13.4. The van der Waals surface area contributed by atoms with Crippen LogP contribution in [0.3, 0.4) is 0 Å². The van der Waals surface area contributed by atoms with E-state index in [9.17, 15) is 15.2 Å². The number of aromatic nitrogens is 1. The first kappa shape index (κ1) is 11.9. The second-order valence-corrected chi connectivity index (χ2v) is 4.80. The summed E-state index contributed by atoms with van der Waals surface area (Å²) in [5, 5.41) is 22.9. The van der Waals surface area contributed by atoms with Gasteiger partial charge < -0.3 is 14.8 Å². The number of fused-ring (bicyclic) bond motifs is 1. The van der Waals surface area contributed by atoms with E-state index in [2.05, 4.69) is 10.3 Å². The average molecular weight is 263 g/mol. The quantitative estimate of drug-likeness (QED) is 0.645. The predicted octanol–water partition coefficient (Wildman–Crippen LogP) is 1.92. The molecule has 7 nitrogen and oxygen atoms in total. The Bertz CT molecular complexity index is 618. The molecule has 2 N–H and O–H groups in total. The third-order valence-electron chi connectivity index (χ3n) is 3.33. The molecule has 1 aliphatic carbocycles. The Morgan fingerprint density at radius 1 is 1.53 bits per heavy atom. The van der Waals surface area contributed by atoms with Crippen LogP contribution in [-0.2, 0) is 0 Å². The number of hydrogen-bond donors (Lipinski definition) is 2. The predicted molar refractivity (Wildman–Crippen MR) is 67.9 cm³/mol. The summed E-state index contributed by atoms with van der Waals surface area (Å²) in [5.41, 5.74) is 0.974. The number of benzene rings is 1. The van der Waals surface area contributed by atoms with Crippen LogP contribution in [-0.4, -0.2) is 27.7 Å². The molecule has 0 spiro atoms. The van der Waals surface area contributed by atoms with Crippen LogP contribution in [0.15, 0.2) is 22.6 Å². The third-order valence-corrected chi connectivity index (χ3v) is 3.33. The number of oxazole rings is 1. The first-order chi connectivity index (χ1) is 9.11. The molecule has 7 heteroatoms. The minimum atomic E-state index is -0.461. The topological polar surface area (TPSA) is 101 Å².